The van der Waals surface area contributed by atoms with Gasteiger partial charge in [-0.2, -0.15) is 0 Å². The molecule has 1 aliphatic rings. The highest BCUT2D eigenvalue weighted by molar-refractivity contribution is 5.48. The summed E-state index contributed by atoms with van der Waals surface area (Å²) in [6.45, 7) is 0. The fourth-order valence-corrected chi connectivity index (χ4v) is 1.09. The lowest BCUT2D eigenvalue weighted by Gasteiger charge is -1.94. The van der Waals surface area contributed by atoms with Crippen molar-refractivity contribution in [3.63, 3.8) is 0 Å². The van der Waals surface area contributed by atoms with Gasteiger partial charge in [0.25, 0.3) is 0 Å². The molecule has 1 aromatic carbocycles. The smallest absolute Gasteiger partial charge is 0.0257 e. The summed E-state index contributed by atoms with van der Waals surface area (Å²) in [6.07, 6.45) is 6.82. The third-order valence-electron chi connectivity index (χ3n) is 1.98. The van der Waals surface area contributed by atoms with E-state index in [1.54, 1.807) is 0 Å². The first-order chi connectivity index (χ1) is 5.95. The first-order valence-corrected chi connectivity index (χ1v) is 4.43. The fraction of sp³-hybridized carbons (Fsp3) is 0.273. The van der Waals surface area contributed by atoms with Crippen LogP contribution < -0.4 is 5.32 Å². The second-order valence-electron chi connectivity index (χ2n) is 3.18. The van der Waals surface area contributed by atoms with E-state index in [-0.39, 0.29) is 0 Å². The van der Waals surface area contributed by atoms with Crippen LogP contribution in [-0.2, 0) is 0 Å². The van der Waals surface area contributed by atoms with Crippen LogP contribution in [0.4, 0.5) is 0 Å². The first kappa shape index (κ1) is 7.41. The zero-order chi connectivity index (χ0) is 8.23. The molecule has 1 saturated carbocycles. The second-order valence-corrected chi connectivity index (χ2v) is 3.18. The Morgan fingerprint density at radius 2 is 1.92 bits per heavy atom. The molecule has 1 N–H and O–H groups in total. The van der Waals surface area contributed by atoms with Crippen molar-refractivity contribution >= 4 is 6.08 Å². The normalized spacial score (nSPS) is 16.7. The highest BCUT2D eigenvalue weighted by Gasteiger charge is 2.18. The van der Waals surface area contributed by atoms with Crippen molar-refractivity contribution in [1.29, 1.82) is 0 Å². The molecule has 0 atom stereocenters. The van der Waals surface area contributed by atoms with Crippen LogP contribution in [0.2, 0.25) is 0 Å². The maximum Gasteiger partial charge on any atom is 0.0257 e. The maximum atomic E-state index is 3.32. The van der Waals surface area contributed by atoms with E-state index in [0.717, 1.165) is 6.04 Å². The Morgan fingerprint density at radius 3 is 2.58 bits per heavy atom. The minimum Gasteiger partial charge on any atom is -0.388 e. The van der Waals surface area contributed by atoms with Crippen molar-refractivity contribution in [1.82, 2.24) is 5.32 Å². The Labute approximate surface area is 73.1 Å². The predicted octanol–water partition coefficient (Wildman–Crippen LogP) is 2.41. The van der Waals surface area contributed by atoms with Gasteiger partial charge in [-0.25, -0.2) is 0 Å². The Balaban J connectivity index is 1.89. The lowest BCUT2D eigenvalue weighted by Crippen LogP contribution is -2.05. The molecule has 12 heavy (non-hydrogen) atoms. The average molecular weight is 159 g/mol. The number of hydrogen-bond acceptors (Lipinski definition) is 1. The summed E-state index contributed by atoms with van der Waals surface area (Å²) in [5, 5.41) is 3.32. The van der Waals surface area contributed by atoms with Crippen LogP contribution >= 0.6 is 0 Å². The summed E-state index contributed by atoms with van der Waals surface area (Å²) in [5.41, 5.74) is 1.26. The fourth-order valence-electron chi connectivity index (χ4n) is 1.09. The number of hydrogen-bond donors (Lipinski definition) is 1. The van der Waals surface area contributed by atoms with Gasteiger partial charge >= 0.3 is 0 Å². The summed E-state index contributed by atoms with van der Waals surface area (Å²) in [6, 6.07) is 11.1. The van der Waals surface area contributed by atoms with E-state index < -0.39 is 0 Å². The minimum atomic E-state index is 0.755. The lowest BCUT2D eigenvalue weighted by atomic mass is 10.2. The molecule has 2 rings (SSSR count). The summed E-state index contributed by atoms with van der Waals surface area (Å²) < 4.78 is 0. The molecule has 1 heteroatoms. The van der Waals surface area contributed by atoms with Gasteiger partial charge in [0.15, 0.2) is 0 Å². The predicted molar refractivity (Wildman–Crippen MR) is 51.6 cm³/mol. The largest absolute Gasteiger partial charge is 0.388 e. The van der Waals surface area contributed by atoms with Crippen molar-refractivity contribution < 1.29 is 0 Å². The first-order valence-electron chi connectivity index (χ1n) is 4.43. The van der Waals surface area contributed by atoms with Crippen molar-refractivity contribution in [2.75, 3.05) is 0 Å². The molecule has 1 aliphatic carbocycles. The van der Waals surface area contributed by atoms with Gasteiger partial charge in [-0.1, -0.05) is 30.3 Å². The Kier molecular flexibility index (Phi) is 2.12. The van der Waals surface area contributed by atoms with E-state index in [1.165, 1.54) is 18.4 Å². The molecule has 0 aromatic heterocycles. The molecular formula is C11H13N. The van der Waals surface area contributed by atoms with Crippen molar-refractivity contribution in [2.45, 2.75) is 18.9 Å². The molecule has 0 amide bonds. The minimum absolute atomic E-state index is 0.755. The van der Waals surface area contributed by atoms with E-state index in [2.05, 4.69) is 35.7 Å². The summed E-state index contributed by atoms with van der Waals surface area (Å²) in [5.74, 6) is 0. The highest BCUT2D eigenvalue weighted by Crippen LogP contribution is 2.18. The van der Waals surface area contributed by atoms with Crippen molar-refractivity contribution in [3.8, 4) is 0 Å². The summed E-state index contributed by atoms with van der Waals surface area (Å²) >= 11 is 0. The Hall–Kier alpha value is -1.24. The van der Waals surface area contributed by atoms with Gasteiger partial charge in [-0.3, -0.25) is 0 Å². The molecule has 1 aromatic rings. The Morgan fingerprint density at radius 1 is 1.17 bits per heavy atom. The molecule has 0 aliphatic heterocycles. The van der Waals surface area contributed by atoms with E-state index in [1.807, 2.05) is 12.3 Å². The third kappa shape index (κ3) is 2.12. The van der Waals surface area contributed by atoms with Crippen molar-refractivity contribution in [2.24, 2.45) is 0 Å². The van der Waals surface area contributed by atoms with E-state index >= 15 is 0 Å². The molecule has 0 unspecified atom stereocenters. The maximum absolute atomic E-state index is 3.32. The topological polar surface area (TPSA) is 12.0 Å². The monoisotopic (exact) mass is 159 g/mol. The molecular weight excluding hydrogens is 146 g/mol. The number of rotatable bonds is 3. The summed E-state index contributed by atoms with van der Waals surface area (Å²) in [4.78, 5) is 0. The molecule has 62 valence electrons. The van der Waals surface area contributed by atoms with E-state index in [9.17, 15) is 0 Å². The number of benzene rings is 1. The average Bonchev–Trinajstić information content (AvgIpc) is 2.90. The highest BCUT2D eigenvalue weighted by atomic mass is 14.9. The van der Waals surface area contributed by atoms with Crippen LogP contribution in [0.3, 0.4) is 0 Å². The van der Waals surface area contributed by atoms with Crippen LogP contribution in [0.1, 0.15) is 18.4 Å². The van der Waals surface area contributed by atoms with Gasteiger partial charge in [0.05, 0.1) is 0 Å². The van der Waals surface area contributed by atoms with Crippen LogP contribution in [-0.4, -0.2) is 6.04 Å². The molecule has 1 fully saturated rings. The van der Waals surface area contributed by atoms with Gasteiger partial charge < -0.3 is 5.32 Å². The molecule has 0 saturated heterocycles. The molecule has 0 bridgehead atoms. The van der Waals surface area contributed by atoms with Crippen LogP contribution in [0, 0.1) is 0 Å². The quantitative estimate of drug-likeness (QED) is 0.714. The standard InChI is InChI=1S/C11H13N/c1-2-4-10(5-3-1)8-9-12-11-6-7-11/h1-5,8-9,11-12H,6-7H2. The zero-order valence-electron chi connectivity index (χ0n) is 7.03. The SMILES string of the molecule is C(=Cc1ccccc1)NC1CC1. The third-order valence-corrected chi connectivity index (χ3v) is 1.98. The van der Waals surface area contributed by atoms with Crippen LogP contribution in [0.5, 0.6) is 0 Å². The van der Waals surface area contributed by atoms with Crippen LogP contribution in [0.15, 0.2) is 36.5 Å². The molecule has 0 spiro atoms. The van der Waals surface area contributed by atoms with Gasteiger partial charge in [0, 0.05) is 6.04 Å². The zero-order valence-corrected chi connectivity index (χ0v) is 7.03. The lowest BCUT2D eigenvalue weighted by molar-refractivity contribution is 0.867. The van der Waals surface area contributed by atoms with Gasteiger partial charge in [-0.15, -0.1) is 0 Å². The van der Waals surface area contributed by atoms with Gasteiger partial charge in [0.2, 0.25) is 0 Å². The van der Waals surface area contributed by atoms with Gasteiger partial charge in [0.1, 0.15) is 0 Å². The molecule has 1 nitrogen and oxygen atoms in total. The molecule has 0 radical (unpaired) electrons. The van der Waals surface area contributed by atoms with E-state index in [4.69, 9.17) is 0 Å². The molecule has 0 heterocycles. The van der Waals surface area contributed by atoms with Crippen molar-refractivity contribution in [3.05, 3.63) is 42.1 Å². The Bertz CT molecular complexity index is 260. The van der Waals surface area contributed by atoms with E-state index in [0.29, 0.717) is 0 Å². The van der Waals surface area contributed by atoms with Gasteiger partial charge in [-0.05, 0) is 30.7 Å². The number of nitrogens with one attached hydrogen (secondary N) is 1. The second kappa shape index (κ2) is 3.44. The summed E-state index contributed by atoms with van der Waals surface area (Å²) in [7, 11) is 0. The van der Waals surface area contributed by atoms with Crippen LogP contribution in [0.25, 0.3) is 6.08 Å².